The van der Waals surface area contributed by atoms with Gasteiger partial charge in [-0.2, -0.15) is 0 Å². The average molecular weight is 241 g/mol. The van der Waals surface area contributed by atoms with E-state index in [9.17, 15) is 8.42 Å². The predicted octanol–water partition coefficient (Wildman–Crippen LogP) is 0.960. The molecule has 0 atom stereocenters. The van der Waals surface area contributed by atoms with E-state index in [1.54, 1.807) is 31.4 Å². The van der Waals surface area contributed by atoms with Gasteiger partial charge >= 0.3 is 0 Å². The van der Waals surface area contributed by atoms with Crippen LogP contribution in [0.4, 0.5) is 0 Å². The smallest absolute Gasteiger partial charge is 0.180 e. The molecule has 1 saturated carbocycles. The number of methoxy groups -OCH3 is 1. The Morgan fingerprint density at radius 3 is 2.31 bits per heavy atom. The molecule has 1 aliphatic rings. The van der Waals surface area contributed by atoms with Crippen LogP contribution < -0.4 is 10.5 Å². The van der Waals surface area contributed by atoms with E-state index in [0.29, 0.717) is 10.6 Å². The van der Waals surface area contributed by atoms with Crippen molar-refractivity contribution in [2.75, 3.05) is 12.9 Å². The van der Waals surface area contributed by atoms with Crippen molar-refractivity contribution < 1.29 is 13.2 Å². The maximum atomic E-state index is 12.0. The molecule has 0 saturated heterocycles. The summed E-state index contributed by atoms with van der Waals surface area (Å²) in [5, 5.41) is 0. The van der Waals surface area contributed by atoms with Gasteiger partial charge in [-0.3, -0.25) is 0 Å². The summed E-state index contributed by atoms with van der Waals surface area (Å²) < 4.78 is 28.9. The van der Waals surface area contributed by atoms with Crippen LogP contribution in [-0.2, 0) is 9.84 Å². The third kappa shape index (κ3) is 2.36. The number of benzene rings is 1. The molecule has 4 nitrogen and oxygen atoms in total. The molecule has 0 heterocycles. The molecule has 88 valence electrons. The van der Waals surface area contributed by atoms with Crippen molar-refractivity contribution >= 4 is 9.84 Å². The van der Waals surface area contributed by atoms with E-state index < -0.39 is 15.4 Å². The quantitative estimate of drug-likeness (QED) is 0.852. The molecule has 1 aromatic rings. The Balaban J connectivity index is 2.21. The van der Waals surface area contributed by atoms with E-state index in [1.165, 1.54) is 0 Å². The normalized spacial score (nSPS) is 18.1. The highest BCUT2D eigenvalue weighted by molar-refractivity contribution is 7.91. The second-order valence-corrected chi connectivity index (χ2v) is 6.29. The molecule has 2 rings (SSSR count). The standard InChI is InChI=1S/C11H15NO3S/c1-15-9-2-4-10(5-3-9)16(13,14)8-11(12)6-7-11/h2-5H,6-8,12H2,1H3. The van der Waals surface area contributed by atoms with Crippen molar-refractivity contribution in [3.8, 4) is 5.75 Å². The third-order valence-corrected chi connectivity index (χ3v) is 4.73. The first-order valence-electron chi connectivity index (χ1n) is 5.11. The SMILES string of the molecule is COc1ccc(S(=O)(=O)CC2(N)CC2)cc1. The van der Waals surface area contributed by atoms with Crippen LogP contribution in [0.5, 0.6) is 5.75 Å². The minimum absolute atomic E-state index is 0.0341. The molecule has 0 bridgehead atoms. The summed E-state index contributed by atoms with van der Waals surface area (Å²) in [5.74, 6) is 0.680. The summed E-state index contributed by atoms with van der Waals surface area (Å²) in [6.45, 7) is 0. The Kier molecular flexibility index (Phi) is 2.67. The Morgan fingerprint density at radius 1 is 1.31 bits per heavy atom. The van der Waals surface area contributed by atoms with E-state index in [2.05, 4.69) is 0 Å². The zero-order valence-electron chi connectivity index (χ0n) is 9.14. The van der Waals surface area contributed by atoms with Crippen LogP contribution in [0.1, 0.15) is 12.8 Å². The molecule has 2 N–H and O–H groups in total. The van der Waals surface area contributed by atoms with Gasteiger partial charge in [0.05, 0.1) is 17.8 Å². The fourth-order valence-electron chi connectivity index (χ4n) is 1.55. The summed E-state index contributed by atoms with van der Waals surface area (Å²) in [7, 11) is -1.72. The summed E-state index contributed by atoms with van der Waals surface area (Å²) in [6.07, 6.45) is 1.59. The van der Waals surface area contributed by atoms with Crippen molar-refractivity contribution in [1.82, 2.24) is 0 Å². The van der Waals surface area contributed by atoms with Crippen LogP contribution >= 0.6 is 0 Å². The van der Waals surface area contributed by atoms with Crippen molar-refractivity contribution in [3.05, 3.63) is 24.3 Å². The zero-order valence-corrected chi connectivity index (χ0v) is 9.96. The van der Waals surface area contributed by atoms with Gasteiger partial charge in [-0.15, -0.1) is 0 Å². The van der Waals surface area contributed by atoms with Crippen molar-refractivity contribution in [2.45, 2.75) is 23.3 Å². The van der Waals surface area contributed by atoms with Crippen LogP contribution in [0, 0.1) is 0 Å². The highest BCUT2D eigenvalue weighted by Crippen LogP contribution is 2.35. The number of nitrogens with two attached hydrogens (primary N) is 1. The van der Waals surface area contributed by atoms with Crippen LogP contribution in [0.25, 0.3) is 0 Å². The maximum Gasteiger partial charge on any atom is 0.180 e. The Bertz CT molecular complexity index is 474. The first kappa shape index (κ1) is 11.4. The van der Waals surface area contributed by atoms with E-state index in [0.717, 1.165) is 12.8 Å². The van der Waals surface area contributed by atoms with E-state index >= 15 is 0 Å². The molecule has 0 amide bonds. The lowest BCUT2D eigenvalue weighted by molar-refractivity contribution is 0.414. The molecular formula is C11H15NO3S. The molecule has 1 fully saturated rings. The van der Waals surface area contributed by atoms with Crippen molar-refractivity contribution in [2.24, 2.45) is 5.73 Å². The van der Waals surface area contributed by atoms with Crippen LogP contribution in [-0.4, -0.2) is 26.8 Å². The molecule has 0 radical (unpaired) electrons. The fourth-order valence-corrected chi connectivity index (χ4v) is 3.31. The second-order valence-electron chi connectivity index (χ2n) is 4.30. The second kappa shape index (κ2) is 3.75. The van der Waals surface area contributed by atoms with Gasteiger partial charge in [-0.25, -0.2) is 8.42 Å². The summed E-state index contributed by atoms with van der Waals surface area (Å²) >= 11 is 0. The summed E-state index contributed by atoms with van der Waals surface area (Å²) in [4.78, 5) is 0.310. The largest absolute Gasteiger partial charge is 0.497 e. The summed E-state index contributed by atoms with van der Waals surface area (Å²) in [6, 6.07) is 6.39. The predicted molar refractivity (Wildman–Crippen MR) is 61.2 cm³/mol. The molecule has 1 aromatic carbocycles. The van der Waals surface area contributed by atoms with Gasteiger partial charge in [0.1, 0.15) is 5.75 Å². The Morgan fingerprint density at radius 2 is 1.88 bits per heavy atom. The maximum absolute atomic E-state index is 12.0. The lowest BCUT2D eigenvalue weighted by Crippen LogP contribution is -2.31. The highest BCUT2D eigenvalue weighted by Gasteiger charge is 2.42. The van der Waals surface area contributed by atoms with Gasteiger partial charge in [0.15, 0.2) is 9.84 Å². The molecule has 0 spiro atoms. The first-order valence-corrected chi connectivity index (χ1v) is 6.76. The lowest BCUT2D eigenvalue weighted by atomic mass is 10.3. The summed E-state index contributed by atoms with van der Waals surface area (Å²) in [5.41, 5.74) is 5.33. The monoisotopic (exact) mass is 241 g/mol. The zero-order chi connectivity index (χ0) is 11.8. The van der Waals surface area contributed by atoms with Gasteiger partial charge in [0.25, 0.3) is 0 Å². The number of hydrogen-bond donors (Lipinski definition) is 1. The number of sulfone groups is 1. The van der Waals surface area contributed by atoms with Crippen LogP contribution in [0.2, 0.25) is 0 Å². The minimum Gasteiger partial charge on any atom is -0.497 e. The first-order chi connectivity index (χ1) is 7.45. The van der Waals surface area contributed by atoms with Crippen LogP contribution in [0.3, 0.4) is 0 Å². The fraction of sp³-hybridized carbons (Fsp3) is 0.455. The third-order valence-electron chi connectivity index (χ3n) is 2.79. The Labute approximate surface area is 95.3 Å². The minimum atomic E-state index is -3.26. The number of hydrogen-bond acceptors (Lipinski definition) is 4. The van der Waals surface area contributed by atoms with Crippen molar-refractivity contribution in [1.29, 1.82) is 0 Å². The molecule has 1 aliphatic carbocycles. The average Bonchev–Trinajstić information content (AvgIpc) is 2.95. The van der Waals surface area contributed by atoms with Gasteiger partial charge in [-0.05, 0) is 37.1 Å². The highest BCUT2D eigenvalue weighted by atomic mass is 32.2. The molecule has 16 heavy (non-hydrogen) atoms. The molecule has 0 unspecified atom stereocenters. The van der Waals surface area contributed by atoms with Gasteiger partial charge in [-0.1, -0.05) is 0 Å². The molecule has 0 aromatic heterocycles. The number of rotatable bonds is 4. The topological polar surface area (TPSA) is 69.4 Å². The molecular weight excluding hydrogens is 226 g/mol. The molecule has 5 heteroatoms. The van der Waals surface area contributed by atoms with Gasteiger partial charge < -0.3 is 10.5 Å². The van der Waals surface area contributed by atoms with Crippen LogP contribution in [0.15, 0.2) is 29.2 Å². The number of ether oxygens (including phenoxy) is 1. The van der Waals surface area contributed by atoms with Gasteiger partial charge in [0.2, 0.25) is 0 Å². The molecule has 0 aliphatic heterocycles. The Hall–Kier alpha value is -1.07. The van der Waals surface area contributed by atoms with E-state index in [4.69, 9.17) is 10.5 Å². The van der Waals surface area contributed by atoms with E-state index in [-0.39, 0.29) is 5.75 Å². The van der Waals surface area contributed by atoms with E-state index in [1.807, 2.05) is 0 Å². The van der Waals surface area contributed by atoms with Gasteiger partial charge in [0, 0.05) is 5.54 Å². The van der Waals surface area contributed by atoms with Crippen molar-refractivity contribution in [3.63, 3.8) is 0 Å². The lowest BCUT2D eigenvalue weighted by Gasteiger charge is -2.10.